The van der Waals surface area contributed by atoms with Crippen molar-refractivity contribution in [1.29, 1.82) is 0 Å². The highest BCUT2D eigenvalue weighted by Crippen LogP contribution is 2.44. The van der Waals surface area contributed by atoms with Gasteiger partial charge in [-0.2, -0.15) is 0 Å². The zero-order valence-electron chi connectivity index (χ0n) is 13.0. The lowest BCUT2D eigenvalue weighted by Crippen LogP contribution is -2.50. The minimum absolute atomic E-state index is 0.224. The summed E-state index contributed by atoms with van der Waals surface area (Å²) in [5.74, 6) is 0.613. The maximum atomic E-state index is 14.3. The van der Waals surface area contributed by atoms with E-state index in [-0.39, 0.29) is 16.8 Å². The van der Waals surface area contributed by atoms with Gasteiger partial charge >= 0.3 is 0 Å². The SMILES string of the molecule is COc1cccc(CC2(N)CC(C)CC(C)(C)C2)c1F. The van der Waals surface area contributed by atoms with Crippen molar-refractivity contribution >= 4 is 0 Å². The molecule has 3 heteroatoms. The highest BCUT2D eigenvalue weighted by atomic mass is 19.1. The summed E-state index contributed by atoms with van der Waals surface area (Å²) in [6.45, 7) is 6.75. The zero-order chi connectivity index (χ0) is 15.0. The molecule has 112 valence electrons. The molecule has 2 nitrogen and oxygen atoms in total. The van der Waals surface area contributed by atoms with E-state index in [1.165, 1.54) is 13.5 Å². The molecular formula is C17H26FNO. The van der Waals surface area contributed by atoms with Crippen molar-refractivity contribution < 1.29 is 9.13 Å². The molecule has 0 amide bonds. The lowest BCUT2D eigenvalue weighted by atomic mass is 9.63. The summed E-state index contributed by atoms with van der Waals surface area (Å²) in [6, 6.07) is 5.30. The molecule has 0 aliphatic heterocycles. The number of nitrogens with two attached hydrogens (primary N) is 1. The number of methoxy groups -OCH3 is 1. The highest BCUT2D eigenvalue weighted by molar-refractivity contribution is 5.32. The minimum Gasteiger partial charge on any atom is -0.494 e. The van der Waals surface area contributed by atoms with Gasteiger partial charge in [-0.15, -0.1) is 0 Å². The van der Waals surface area contributed by atoms with Crippen molar-refractivity contribution in [2.45, 2.75) is 52.0 Å². The van der Waals surface area contributed by atoms with Gasteiger partial charge in [-0.1, -0.05) is 32.9 Å². The van der Waals surface area contributed by atoms with Crippen LogP contribution in [0.4, 0.5) is 4.39 Å². The van der Waals surface area contributed by atoms with E-state index in [9.17, 15) is 4.39 Å². The number of hydrogen-bond donors (Lipinski definition) is 1. The fourth-order valence-electron chi connectivity index (χ4n) is 4.17. The second kappa shape index (κ2) is 5.36. The van der Waals surface area contributed by atoms with Crippen molar-refractivity contribution in [3.8, 4) is 5.75 Å². The summed E-state index contributed by atoms with van der Waals surface area (Å²) in [7, 11) is 1.49. The van der Waals surface area contributed by atoms with Crippen molar-refractivity contribution in [1.82, 2.24) is 0 Å². The van der Waals surface area contributed by atoms with Gasteiger partial charge in [-0.25, -0.2) is 4.39 Å². The number of ether oxygens (including phenoxy) is 1. The molecule has 2 rings (SSSR count). The topological polar surface area (TPSA) is 35.2 Å². The van der Waals surface area contributed by atoms with Gasteiger partial charge in [-0.05, 0) is 48.6 Å². The van der Waals surface area contributed by atoms with Crippen LogP contribution in [-0.4, -0.2) is 12.6 Å². The number of rotatable bonds is 3. The van der Waals surface area contributed by atoms with Crippen LogP contribution in [0.15, 0.2) is 18.2 Å². The van der Waals surface area contributed by atoms with Gasteiger partial charge in [0.25, 0.3) is 0 Å². The summed E-state index contributed by atoms with van der Waals surface area (Å²) >= 11 is 0. The van der Waals surface area contributed by atoms with E-state index in [1.807, 2.05) is 12.1 Å². The van der Waals surface area contributed by atoms with Crippen molar-refractivity contribution in [2.75, 3.05) is 7.11 Å². The fourth-order valence-corrected chi connectivity index (χ4v) is 4.17. The van der Waals surface area contributed by atoms with Crippen LogP contribution >= 0.6 is 0 Å². The first-order valence-corrected chi connectivity index (χ1v) is 7.35. The van der Waals surface area contributed by atoms with E-state index in [1.54, 1.807) is 6.07 Å². The van der Waals surface area contributed by atoms with Crippen LogP contribution in [-0.2, 0) is 6.42 Å². The van der Waals surface area contributed by atoms with Crippen LogP contribution in [0.1, 0.15) is 45.6 Å². The monoisotopic (exact) mass is 279 g/mol. The molecule has 0 heterocycles. The van der Waals surface area contributed by atoms with Crippen molar-refractivity contribution in [3.05, 3.63) is 29.6 Å². The summed E-state index contributed by atoms with van der Waals surface area (Å²) in [6.07, 6.45) is 3.64. The Bertz CT molecular complexity index is 486. The largest absolute Gasteiger partial charge is 0.494 e. The first-order chi connectivity index (χ1) is 9.25. The molecule has 0 radical (unpaired) electrons. The Hall–Kier alpha value is -1.09. The Balaban J connectivity index is 2.24. The Kier molecular flexibility index (Phi) is 4.10. The van der Waals surface area contributed by atoms with Crippen LogP contribution in [0.3, 0.4) is 0 Å². The van der Waals surface area contributed by atoms with Crippen LogP contribution in [0.25, 0.3) is 0 Å². The Morgan fingerprint density at radius 2 is 2.05 bits per heavy atom. The number of halogens is 1. The Morgan fingerprint density at radius 3 is 2.65 bits per heavy atom. The molecule has 2 N–H and O–H groups in total. The summed E-state index contributed by atoms with van der Waals surface area (Å²) < 4.78 is 19.4. The van der Waals surface area contributed by atoms with Gasteiger partial charge in [0.15, 0.2) is 11.6 Å². The molecule has 0 aromatic heterocycles. The quantitative estimate of drug-likeness (QED) is 0.910. The van der Waals surface area contributed by atoms with E-state index >= 15 is 0 Å². The molecule has 0 saturated heterocycles. The lowest BCUT2D eigenvalue weighted by molar-refractivity contribution is 0.107. The van der Waals surface area contributed by atoms with Crippen molar-refractivity contribution in [3.63, 3.8) is 0 Å². The van der Waals surface area contributed by atoms with Crippen LogP contribution in [0, 0.1) is 17.2 Å². The molecule has 20 heavy (non-hydrogen) atoms. The van der Waals surface area contributed by atoms with Gasteiger partial charge in [0.1, 0.15) is 0 Å². The molecule has 2 unspecified atom stereocenters. The first-order valence-electron chi connectivity index (χ1n) is 7.35. The molecule has 2 atom stereocenters. The van der Waals surface area contributed by atoms with Crippen LogP contribution in [0.2, 0.25) is 0 Å². The average Bonchev–Trinajstić information content (AvgIpc) is 2.28. The third-order valence-electron chi connectivity index (χ3n) is 4.29. The van der Waals surface area contributed by atoms with Crippen molar-refractivity contribution in [2.24, 2.45) is 17.1 Å². The predicted molar refractivity (Wildman–Crippen MR) is 80.4 cm³/mol. The predicted octanol–water partition coefficient (Wildman–Crippen LogP) is 3.92. The summed E-state index contributed by atoms with van der Waals surface area (Å²) in [4.78, 5) is 0. The Morgan fingerprint density at radius 1 is 1.35 bits per heavy atom. The van der Waals surface area contributed by atoms with E-state index in [0.717, 1.165) is 12.8 Å². The lowest BCUT2D eigenvalue weighted by Gasteiger charge is -2.46. The maximum Gasteiger partial charge on any atom is 0.168 e. The molecule has 1 saturated carbocycles. The number of benzene rings is 1. The molecular weight excluding hydrogens is 253 g/mol. The standard InChI is InChI=1S/C17H26FNO/c1-12-8-16(2,3)11-17(19,9-12)10-13-6-5-7-14(20-4)15(13)18/h5-7,12H,8-11,19H2,1-4H3. The van der Waals surface area contributed by atoms with E-state index < -0.39 is 0 Å². The van der Waals surface area contributed by atoms with Gasteiger partial charge in [0, 0.05) is 5.54 Å². The molecule has 1 aliphatic carbocycles. The van der Waals surface area contributed by atoms with E-state index in [4.69, 9.17) is 10.5 Å². The fraction of sp³-hybridized carbons (Fsp3) is 0.647. The van der Waals surface area contributed by atoms with E-state index in [0.29, 0.717) is 23.7 Å². The average molecular weight is 279 g/mol. The molecule has 0 spiro atoms. The first kappa shape index (κ1) is 15.3. The highest BCUT2D eigenvalue weighted by Gasteiger charge is 2.40. The maximum absolute atomic E-state index is 14.3. The van der Waals surface area contributed by atoms with Crippen LogP contribution < -0.4 is 10.5 Å². The normalized spacial score (nSPS) is 29.2. The van der Waals surface area contributed by atoms with Gasteiger partial charge < -0.3 is 10.5 Å². The molecule has 0 bridgehead atoms. The second-order valence-corrected chi connectivity index (χ2v) is 7.33. The zero-order valence-corrected chi connectivity index (χ0v) is 13.0. The molecule has 1 aromatic rings. The molecule has 1 fully saturated rings. The minimum atomic E-state index is -0.325. The van der Waals surface area contributed by atoms with Gasteiger partial charge in [0.2, 0.25) is 0 Å². The third kappa shape index (κ3) is 3.32. The van der Waals surface area contributed by atoms with Crippen LogP contribution in [0.5, 0.6) is 5.75 Å². The number of hydrogen-bond acceptors (Lipinski definition) is 2. The van der Waals surface area contributed by atoms with Gasteiger partial charge in [0.05, 0.1) is 7.11 Å². The Labute approximate surface area is 121 Å². The molecule has 1 aliphatic rings. The van der Waals surface area contributed by atoms with E-state index in [2.05, 4.69) is 20.8 Å². The molecule has 1 aromatic carbocycles. The van der Waals surface area contributed by atoms with Gasteiger partial charge in [-0.3, -0.25) is 0 Å². The summed E-state index contributed by atoms with van der Waals surface area (Å²) in [5.41, 5.74) is 7.17. The third-order valence-corrected chi connectivity index (χ3v) is 4.29. The summed E-state index contributed by atoms with van der Waals surface area (Å²) in [5, 5.41) is 0. The second-order valence-electron chi connectivity index (χ2n) is 7.33. The smallest absolute Gasteiger partial charge is 0.168 e.